The second kappa shape index (κ2) is 3.63. The number of pyridine rings is 2. The number of amides is 1. The van der Waals surface area contributed by atoms with Crippen LogP contribution in [0.5, 0.6) is 0 Å². The number of carbonyl (C=O) groups excluding carboxylic acids is 1. The fourth-order valence-electron chi connectivity index (χ4n) is 2.02. The maximum atomic E-state index is 13.2. The number of carbonyl (C=O) groups is 1. The van der Waals surface area contributed by atoms with E-state index in [-0.39, 0.29) is 17.0 Å². The van der Waals surface area contributed by atoms with Gasteiger partial charge in [0.15, 0.2) is 0 Å². The molecule has 0 bridgehead atoms. The third-order valence-electron chi connectivity index (χ3n) is 3.04. The van der Waals surface area contributed by atoms with Crippen LogP contribution in [0.2, 0.25) is 0 Å². The summed E-state index contributed by atoms with van der Waals surface area (Å²) in [6, 6.07) is 1.31. The van der Waals surface area contributed by atoms with Gasteiger partial charge < -0.3 is 10.3 Å². The predicted octanol–water partition coefficient (Wildman–Crippen LogP) is 0.969. The molecule has 18 heavy (non-hydrogen) atoms. The van der Waals surface area contributed by atoms with Gasteiger partial charge in [-0.15, -0.1) is 0 Å². The van der Waals surface area contributed by atoms with E-state index >= 15 is 0 Å². The van der Waals surface area contributed by atoms with Gasteiger partial charge >= 0.3 is 0 Å². The van der Waals surface area contributed by atoms with Crippen molar-refractivity contribution in [1.82, 2.24) is 9.55 Å². The number of fused-ring (bicyclic) bond motifs is 1. The molecule has 0 unspecified atom stereocenters. The van der Waals surface area contributed by atoms with Crippen LogP contribution in [0.25, 0.3) is 11.0 Å². The number of hydrogen-bond acceptors (Lipinski definition) is 3. The van der Waals surface area contributed by atoms with E-state index in [2.05, 4.69) is 4.98 Å². The van der Waals surface area contributed by atoms with E-state index in [1.807, 2.05) is 0 Å². The molecule has 1 aliphatic rings. The van der Waals surface area contributed by atoms with E-state index in [4.69, 9.17) is 5.73 Å². The minimum absolute atomic E-state index is 0.0956. The van der Waals surface area contributed by atoms with Gasteiger partial charge in [-0.25, -0.2) is 9.37 Å². The maximum absolute atomic E-state index is 13.2. The first-order chi connectivity index (χ1) is 8.58. The van der Waals surface area contributed by atoms with Crippen LogP contribution in [0.3, 0.4) is 0 Å². The van der Waals surface area contributed by atoms with E-state index in [1.165, 1.54) is 6.20 Å². The molecule has 0 radical (unpaired) electrons. The van der Waals surface area contributed by atoms with Gasteiger partial charge in [0.25, 0.3) is 5.91 Å². The molecule has 0 aliphatic heterocycles. The van der Waals surface area contributed by atoms with Crippen LogP contribution < -0.4 is 11.2 Å². The number of nitrogens with zero attached hydrogens (tertiary/aromatic N) is 2. The van der Waals surface area contributed by atoms with Crippen molar-refractivity contribution in [3.05, 3.63) is 40.1 Å². The molecular weight excluding hydrogens is 237 g/mol. The Labute approximate surface area is 101 Å². The summed E-state index contributed by atoms with van der Waals surface area (Å²) >= 11 is 0. The average molecular weight is 247 g/mol. The van der Waals surface area contributed by atoms with Crippen molar-refractivity contribution in [2.24, 2.45) is 5.73 Å². The number of aromatic nitrogens is 2. The number of hydrogen-bond donors (Lipinski definition) is 1. The molecule has 2 heterocycles. The SMILES string of the molecule is NC(=O)c1cn(C2CC2)c2ncc(F)cc2c1=O. The van der Waals surface area contributed by atoms with Crippen molar-refractivity contribution >= 4 is 16.9 Å². The molecule has 3 rings (SSSR count). The number of rotatable bonds is 2. The molecule has 0 atom stereocenters. The Morgan fingerprint density at radius 2 is 2.22 bits per heavy atom. The molecule has 0 spiro atoms. The normalized spacial score (nSPS) is 14.9. The second-order valence-electron chi connectivity index (χ2n) is 4.40. The number of primary amides is 1. The van der Waals surface area contributed by atoms with Crippen molar-refractivity contribution in [3.63, 3.8) is 0 Å². The fourth-order valence-corrected chi connectivity index (χ4v) is 2.02. The minimum Gasteiger partial charge on any atom is -0.365 e. The first kappa shape index (κ1) is 10.9. The highest BCUT2D eigenvalue weighted by molar-refractivity contribution is 5.95. The summed E-state index contributed by atoms with van der Waals surface area (Å²) < 4.78 is 14.9. The Hall–Kier alpha value is -2.24. The largest absolute Gasteiger partial charge is 0.365 e. The predicted molar refractivity (Wildman–Crippen MR) is 62.7 cm³/mol. The first-order valence-electron chi connectivity index (χ1n) is 5.58. The molecule has 0 saturated heterocycles. The molecule has 2 aromatic rings. The van der Waals surface area contributed by atoms with E-state index in [0.29, 0.717) is 5.65 Å². The van der Waals surface area contributed by atoms with Gasteiger partial charge in [0.05, 0.1) is 11.6 Å². The summed E-state index contributed by atoms with van der Waals surface area (Å²) in [5.74, 6) is -1.41. The van der Waals surface area contributed by atoms with Crippen LogP contribution in [0.4, 0.5) is 4.39 Å². The zero-order valence-electron chi connectivity index (χ0n) is 9.39. The Kier molecular flexibility index (Phi) is 2.19. The van der Waals surface area contributed by atoms with Gasteiger partial charge in [0.1, 0.15) is 17.0 Å². The minimum atomic E-state index is -0.805. The molecule has 92 valence electrons. The van der Waals surface area contributed by atoms with Crippen LogP contribution in [0.1, 0.15) is 29.2 Å². The molecule has 1 saturated carbocycles. The lowest BCUT2D eigenvalue weighted by atomic mass is 10.2. The first-order valence-corrected chi connectivity index (χ1v) is 5.58. The number of nitrogens with two attached hydrogens (primary N) is 1. The van der Waals surface area contributed by atoms with Gasteiger partial charge in [0, 0.05) is 12.2 Å². The quantitative estimate of drug-likeness (QED) is 0.858. The Morgan fingerprint density at radius 1 is 1.50 bits per heavy atom. The van der Waals surface area contributed by atoms with E-state index in [0.717, 1.165) is 25.1 Å². The Bertz CT molecular complexity index is 719. The van der Waals surface area contributed by atoms with Gasteiger partial charge in [0.2, 0.25) is 5.43 Å². The molecule has 2 N–H and O–H groups in total. The van der Waals surface area contributed by atoms with Crippen LogP contribution >= 0.6 is 0 Å². The third kappa shape index (κ3) is 1.57. The van der Waals surface area contributed by atoms with Crippen molar-refractivity contribution in [3.8, 4) is 0 Å². The van der Waals surface area contributed by atoms with E-state index in [9.17, 15) is 14.0 Å². The van der Waals surface area contributed by atoms with E-state index in [1.54, 1.807) is 4.57 Å². The molecule has 6 heteroatoms. The highest BCUT2D eigenvalue weighted by Gasteiger charge is 2.27. The Balaban J connectivity index is 2.43. The van der Waals surface area contributed by atoms with Gasteiger partial charge in [-0.3, -0.25) is 9.59 Å². The van der Waals surface area contributed by atoms with Crippen LogP contribution in [-0.2, 0) is 0 Å². The smallest absolute Gasteiger partial charge is 0.254 e. The molecule has 0 aromatic carbocycles. The lowest BCUT2D eigenvalue weighted by Crippen LogP contribution is -2.24. The monoisotopic (exact) mass is 247 g/mol. The van der Waals surface area contributed by atoms with Gasteiger partial charge in [-0.1, -0.05) is 0 Å². The molecule has 1 fully saturated rings. The standard InChI is InChI=1S/C12H10FN3O2/c13-6-3-8-10(17)9(11(14)18)5-16(7-1-2-7)12(8)15-4-6/h3-5,7H,1-2H2,(H2,14,18). The highest BCUT2D eigenvalue weighted by Crippen LogP contribution is 2.36. The van der Waals surface area contributed by atoms with Crippen LogP contribution in [-0.4, -0.2) is 15.5 Å². The molecule has 5 nitrogen and oxygen atoms in total. The lowest BCUT2D eigenvalue weighted by Gasteiger charge is -2.10. The van der Waals surface area contributed by atoms with Crippen molar-refractivity contribution in [2.45, 2.75) is 18.9 Å². The zero-order chi connectivity index (χ0) is 12.9. The third-order valence-corrected chi connectivity index (χ3v) is 3.04. The summed E-state index contributed by atoms with van der Waals surface area (Å²) in [4.78, 5) is 27.2. The summed E-state index contributed by atoms with van der Waals surface area (Å²) in [7, 11) is 0. The van der Waals surface area contributed by atoms with Crippen molar-refractivity contribution < 1.29 is 9.18 Å². The topological polar surface area (TPSA) is 78.0 Å². The zero-order valence-corrected chi connectivity index (χ0v) is 9.39. The van der Waals surface area contributed by atoms with Gasteiger partial charge in [-0.2, -0.15) is 0 Å². The van der Waals surface area contributed by atoms with Crippen LogP contribution in [0, 0.1) is 5.82 Å². The molecule has 1 amide bonds. The number of halogens is 1. The second-order valence-corrected chi connectivity index (χ2v) is 4.40. The fraction of sp³-hybridized carbons (Fsp3) is 0.250. The van der Waals surface area contributed by atoms with Crippen LogP contribution in [0.15, 0.2) is 23.3 Å². The Morgan fingerprint density at radius 3 is 2.83 bits per heavy atom. The molecular formula is C12H10FN3O2. The summed E-state index contributed by atoms with van der Waals surface area (Å²) in [6.07, 6.45) is 4.39. The maximum Gasteiger partial charge on any atom is 0.254 e. The highest BCUT2D eigenvalue weighted by atomic mass is 19.1. The summed E-state index contributed by atoms with van der Waals surface area (Å²) in [5.41, 5.74) is 4.87. The molecule has 2 aromatic heterocycles. The van der Waals surface area contributed by atoms with E-state index < -0.39 is 17.2 Å². The summed E-state index contributed by atoms with van der Waals surface area (Å²) in [5, 5.41) is 0.0956. The lowest BCUT2D eigenvalue weighted by molar-refractivity contribution is 0.0998. The van der Waals surface area contributed by atoms with Gasteiger partial charge in [-0.05, 0) is 18.9 Å². The summed E-state index contributed by atoms with van der Waals surface area (Å²) in [6.45, 7) is 0. The average Bonchev–Trinajstić information content (AvgIpc) is 3.14. The van der Waals surface area contributed by atoms with Crippen molar-refractivity contribution in [2.75, 3.05) is 0 Å². The molecule has 1 aliphatic carbocycles. The van der Waals surface area contributed by atoms with Crippen molar-refractivity contribution in [1.29, 1.82) is 0 Å².